The first-order valence-corrected chi connectivity index (χ1v) is 5.37. The lowest BCUT2D eigenvalue weighted by molar-refractivity contribution is 0.131. The summed E-state index contributed by atoms with van der Waals surface area (Å²) in [5.41, 5.74) is 6.60. The monoisotopic (exact) mass is 221 g/mol. The van der Waals surface area contributed by atoms with Gasteiger partial charge in [-0.2, -0.15) is 0 Å². The molecule has 0 saturated carbocycles. The zero-order chi connectivity index (χ0) is 11.5. The molecule has 16 heavy (non-hydrogen) atoms. The first-order valence-electron chi connectivity index (χ1n) is 5.37. The Morgan fingerprint density at radius 1 is 1.44 bits per heavy atom. The summed E-state index contributed by atoms with van der Waals surface area (Å²) >= 11 is 0. The Morgan fingerprint density at radius 3 is 2.69 bits per heavy atom. The fourth-order valence-corrected chi connectivity index (χ4v) is 2.06. The van der Waals surface area contributed by atoms with E-state index in [1.54, 1.807) is 6.07 Å². The van der Waals surface area contributed by atoms with Crippen molar-refractivity contribution in [2.75, 3.05) is 18.8 Å². The van der Waals surface area contributed by atoms with E-state index in [1.807, 2.05) is 12.1 Å². The second kappa shape index (κ2) is 4.38. The summed E-state index contributed by atoms with van der Waals surface area (Å²) < 4.78 is 0. The van der Waals surface area contributed by atoms with E-state index in [0.717, 1.165) is 18.5 Å². The van der Waals surface area contributed by atoms with Crippen LogP contribution in [0.3, 0.4) is 0 Å². The SMILES string of the molecule is Nc1cccc(C2CCN(C(=O)O)CC2)n1. The third-order valence-electron chi connectivity index (χ3n) is 2.98. The van der Waals surface area contributed by atoms with Crippen LogP contribution in [-0.4, -0.2) is 34.2 Å². The molecule has 86 valence electrons. The fourth-order valence-electron chi connectivity index (χ4n) is 2.06. The number of aromatic nitrogens is 1. The van der Waals surface area contributed by atoms with Crippen molar-refractivity contribution in [3.8, 4) is 0 Å². The number of anilines is 1. The molecule has 0 atom stereocenters. The molecule has 2 heterocycles. The molecule has 1 aromatic rings. The maximum Gasteiger partial charge on any atom is 0.407 e. The van der Waals surface area contributed by atoms with Gasteiger partial charge in [0, 0.05) is 24.7 Å². The van der Waals surface area contributed by atoms with Crippen molar-refractivity contribution in [2.45, 2.75) is 18.8 Å². The molecule has 5 heteroatoms. The molecular weight excluding hydrogens is 206 g/mol. The van der Waals surface area contributed by atoms with Crippen LogP contribution in [0.15, 0.2) is 18.2 Å². The van der Waals surface area contributed by atoms with Gasteiger partial charge >= 0.3 is 6.09 Å². The lowest BCUT2D eigenvalue weighted by Gasteiger charge is -2.29. The van der Waals surface area contributed by atoms with E-state index in [2.05, 4.69) is 4.98 Å². The van der Waals surface area contributed by atoms with E-state index in [1.165, 1.54) is 4.90 Å². The number of piperidine rings is 1. The van der Waals surface area contributed by atoms with Crippen LogP contribution in [0.2, 0.25) is 0 Å². The van der Waals surface area contributed by atoms with Crippen LogP contribution in [-0.2, 0) is 0 Å². The van der Waals surface area contributed by atoms with Crippen molar-refractivity contribution in [2.24, 2.45) is 0 Å². The summed E-state index contributed by atoms with van der Waals surface area (Å²) in [6, 6.07) is 5.61. The maximum atomic E-state index is 10.7. The topological polar surface area (TPSA) is 79.5 Å². The van der Waals surface area contributed by atoms with E-state index < -0.39 is 6.09 Å². The van der Waals surface area contributed by atoms with Gasteiger partial charge in [0.2, 0.25) is 0 Å². The molecule has 1 saturated heterocycles. The average Bonchev–Trinajstić information content (AvgIpc) is 2.29. The molecule has 1 fully saturated rings. The zero-order valence-corrected chi connectivity index (χ0v) is 8.97. The van der Waals surface area contributed by atoms with Crippen LogP contribution in [0.4, 0.5) is 10.6 Å². The second-order valence-electron chi connectivity index (χ2n) is 4.03. The van der Waals surface area contributed by atoms with Crippen molar-refractivity contribution < 1.29 is 9.90 Å². The lowest BCUT2D eigenvalue weighted by atomic mass is 9.93. The number of amides is 1. The van der Waals surface area contributed by atoms with E-state index in [9.17, 15) is 4.79 Å². The van der Waals surface area contributed by atoms with E-state index in [0.29, 0.717) is 24.8 Å². The highest BCUT2D eigenvalue weighted by molar-refractivity contribution is 5.65. The molecule has 1 aliphatic heterocycles. The second-order valence-corrected chi connectivity index (χ2v) is 4.03. The Labute approximate surface area is 93.9 Å². The normalized spacial score (nSPS) is 17.4. The van der Waals surface area contributed by atoms with Crippen molar-refractivity contribution in [1.82, 2.24) is 9.88 Å². The zero-order valence-electron chi connectivity index (χ0n) is 8.97. The number of likely N-dealkylation sites (tertiary alicyclic amines) is 1. The fraction of sp³-hybridized carbons (Fsp3) is 0.455. The van der Waals surface area contributed by atoms with Crippen LogP contribution in [0, 0.1) is 0 Å². The highest BCUT2D eigenvalue weighted by Gasteiger charge is 2.23. The summed E-state index contributed by atoms with van der Waals surface area (Å²) in [5.74, 6) is 0.859. The molecule has 0 unspecified atom stereocenters. The number of carboxylic acid groups (broad SMARTS) is 1. The number of hydrogen-bond donors (Lipinski definition) is 2. The van der Waals surface area contributed by atoms with Gasteiger partial charge in [-0.1, -0.05) is 6.07 Å². The molecule has 5 nitrogen and oxygen atoms in total. The summed E-state index contributed by atoms with van der Waals surface area (Å²) in [5, 5.41) is 8.83. The third-order valence-corrected chi connectivity index (χ3v) is 2.98. The van der Waals surface area contributed by atoms with Gasteiger partial charge in [-0.25, -0.2) is 9.78 Å². The molecular formula is C11H15N3O2. The maximum absolute atomic E-state index is 10.7. The number of hydrogen-bond acceptors (Lipinski definition) is 3. The Bertz CT molecular complexity index is 387. The number of pyridine rings is 1. The smallest absolute Gasteiger partial charge is 0.407 e. The predicted molar refractivity (Wildman–Crippen MR) is 60.2 cm³/mol. The summed E-state index contributed by atoms with van der Waals surface area (Å²) in [6.07, 6.45) is 0.810. The molecule has 1 aromatic heterocycles. The van der Waals surface area contributed by atoms with Crippen LogP contribution < -0.4 is 5.73 Å². The van der Waals surface area contributed by atoms with Crippen molar-refractivity contribution in [1.29, 1.82) is 0 Å². The molecule has 0 aliphatic carbocycles. The number of nitrogens with zero attached hydrogens (tertiary/aromatic N) is 2. The number of rotatable bonds is 1. The Kier molecular flexibility index (Phi) is 2.94. The summed E-state index contributed by atoms with van der Waals surface area (Å²) in [6.45, 7) is 1.16. The van der Waals surface area contributed by atoms with Crippen molar-refractivity contribution in [3.05, 3.63) is 23.9 Å². The van der Waals surface area contributed by atoms with Gasteiger partial charge in [-0.05, 0) is 25.0 Å². The van der Waals surface area contributed by atoms with Gasteiger partial charge in [0.15, 0.2) is 0 Å². The van der Waals surface area contributed by atoms with Gasteiger partial charge < -0.3 is 15.7 Å². The Balaban J connectivity index is 2.01. The Hall–Kier alpha value is -1.78. The van der Waals surface area contributed by atoms with Crippen molar-refractivity contribution in [3.63, 3.8) is 0 Å². The molecule has 1 amide bonds. The number of carbonyl (C=O) groups is 1. The molecule has 3 N–H and O–H groups in total. The first-order chi connectivity index (χ1) is 7.66. The highest BCUT2D eigenvalue weighted by atomic mass is 16.4. The minimum absolute atomic E-state index is 0.332. The van der Waals surface area contributed by atoms with E-state index >= 15 is 0 Å². The van der Waals surface area contributed by atoms with Gasteiger partial charge in [-0.15, -0.1) is 0 Å². The van der Waals surface area contributed by atoms with Crippen molar-refractivity contribution >= 4 is 11.9 Å². The first kappa shape index (κ1) is 10.7. The minimum Gasteiger partial charge on any atom is -0.465 e. The molecule has 0 spiro atoms. The molecule has 0 bridgehead atoms. The van der Waals surface area contributed by atoms with Crippen LogP contribution >= 0.6 is 0 Å². The molecule has 0 radical (unpaired) electrons. The minimum atomic E-state index is -0.834. The largest absolute Gasteiger partial charge is 0.465 e. The summed E-state index contributed by atoms with van der Waals surface area (Å²) in [7, 11) is 0. The van der Waals surface area contributed by atoms with E-state index in [4.69, 9.17) is 10.8 Å². The highest BCUT2D eigenvalue weighted by Crippen LogP contribution is 2.26. The van der Waals surface area contributed by atoms with E-state index in [-0.39, 0.29) is 0 Å². The molecule has 1 aliphatic rings. The average molecular weight is 221 g/mol. The van der Waals surface area contributed by atoms with Crippen LogP contribution in [0.1, 0.15) is 24.5 Å². The summed E-state index contributed by atoms with van der Waals surface area (Å²) in [4.78, 5) is 16.5. The standard InChI is InChI=1S/C11H15N3O2/c12-10-3-1-2-9(13-10)8-4-6-14(7-5-8)11(15)16/h1-3,8H,4-7H2,(H2,12,13)(H,15,16). The quantitative estimate of drug-likeness (QED) is 0.753. The van der Waals surface area contributed by atoms with Crippen LogP contribution in [0.5, 0.6) is 0 Å². The third kappa shape index (κ3) is 2.24. The van der Waals surface area contributed by atoms with Gasteiger partial charge in [0.1, 0.15) is 5.82 Å². The predicted octanol–water partition coefficient (Wildman–Crippen LogP) is 1.52. The number of nitrogen functional groups attached to an aromatic ring is 1. The molecule has 0 aromatic carbocycles. The molecule has 2 rings (SSSR count). The van der Waals surface area contributed by atoms with Gasteiger partial charge in [0.05, 0.1) is 0 Å². The van der Waals surface area contributed by atoms with Gasteiger partial charge in [0.25, 0.3) is 0 Å². The lowest BCUT2D eigenvalue weighted by Crippen LogP contribution is -2.36. The van der Waals surface area contributed by atoms with Gasteiger partial charge in [-0.3, -0.25) is 0 Å². The number of nitrogens with two attached hydrogens (primary N) is 1. The van der Waals surface area contributed by atoms with Crippen LogP contribution in [0.25, 0.3) is 0 Å². The Morgan fingerprint density at radius 2 is 2.12 bits per heavy atom.